The molecule has 0 radical (unpaired) electrons. The number of hydrogen-bond acceptors (Lipinski definition) is 3. The zero-order chi connectivity index (χ0) is 17.8. The Kier molecular flexibility index (Phi) is 5.34. The van der Waals surface area contributed by atoms with Crippen LogP contribution in [0, 0.1) is 5.82 Å². The van der Waals surface area contributed by atoms with E-state index in [9.17, 15) is 14.0 Å². The number of aryl methyl sites for hydroxylation is 1. The lowest BCUT2D eigenvalue weighted by molar-refractivity contribution is -0.125. The van der Waals surface area contributed by atoms with E-state index < -0.39 is 24.3 Å². The van der Waals surface area contributed by atoms with Gasteiger partial charge in [0.05, 0.1) is 11.1 Å². The summed E-state index contributed by atoms with van der Waals surface area (Å²) in [6.07, 6.45) is 2.80. The summed E-state index contributed by atoms with van der Waals surface area (Å²) >= 11 is 5.81. The van der Waals surface area contributed by atoms with Crippen LogP contribution in [0.1, 0.15) is 40.4 Å². The molecule has 0 aromatic heterocycles. The predicted molar refractivity (Wildman–Crippen MR) is 92.0 cm³/mol. The Bertz CT molecular complexity index is 789. The first-order valence-corrected chi connectivity index (χ1v) is 8.42. The van der Waals surface area contributed by atoms with Gasteiger partial charge in [0.15, 0.2) is 6.61 Å². The van der Waals surface area contributed by atoms with E-state index in [4.69, 9.17) is 16.3 Å². The number of carbonyl (C=O) groups is 2. The maximum absolute atomic E-state index is 13.7. The van der Waals surface area contributed by atoms with Crippen molar-refractivity contribution in [2.45, 2.75) is 25.3 Å². The van der Waals surface area contributed by atoms with Gasteiger partial charge in [0.25, 0.3) is 5.91 Å². The van der Waals surface area contributed by atoms with Gasteiger partial charge in [0, 0.05) is 0 Å². The summed E-state index contributed by atoms with van der Waals surface area (Å²) in [5.74, 6) is -2.16. The van der Waals surface area contributed by atoms with E-state index in [2.05, 4.69) is 5.32 Å². The van der Waals surface area contributed by atoms with E-state index in [0.29, 0.717) is 0 Å². The van der Waals surface area contributed by atoms with Gasteiger partial charge in [0.2, 0.25) is 0 Å². The molecule has 1 atom stereocenters. The molecule has 6 heteroatoms. The van der Waals surface area contributed by atoms with Crippen LogP contribution in [0.4, 0.5) is 4.39 Å². The first-order chi connectivity index (χ1) is 12.1. The summed E-state index contributed by atoms with van der Waals surface area (Å²) in [6, 6.07) is 11.7. The summed E-state index contributed by atoms with van der Waals surface area (Å²) in [7, 11) is 0. The second-order valence-electron chi connectivity index (χ2n) is 5.88. The van der Waals surface area contributed by atoms with Crippen molar-refractivity contribution in [2.75, 3.05) is 6.61 Å². The topological polar surface area (TPSA) is 55.4 Å². The van der Waals surface area contributed by atoms with Crippen LogP contribution in [-0.4, -0.2) is 18.5 Å². The molecule has 1 aliphatic rings. The highest BCUT2D eigenvalue weighted by Gasteiger charge is 2.23. The van der Waals surface area contributed by atoms with Gasteiger partial charge in [-0.05, 0) is 42.5 Å². The minimum absolute atomic E-state index is 0.0494. The summed E-state index contributed by atoms with van der Waals surface area (Å²) < 4.78 is 18.6. The molecule has 3 rings (SSSR count). The minimum atomic E-state index is -0.956. The number of carbonyl (C=O) groups excluding carboxylic acids is 2. The van der Waals surface area contributed by atoms with Crippen molar-refractivity contribution in [1.82, 2.24) is 5.32 Å². The standard InChI is InChI=1S/C19H17ClFNO3/c20-14-8-4-9-15(21)18(14)19(24)25-11-17(23)22-16-10-3-6-12-5-1-2-7-13(12)16/h1-2,4-5,7-9,16H,3,6,10-11H2,(H,22,23). The molecule has 1 unspecified atom stereocenters. The fourth-order valence-electron chi connectivity index (χ4n) is 3.04. The first-order valence-electron chi connectivity index (χ1n) is 8.04. The number of esters is 1. The maximum atomic E-state index is 13.7. The molecular formula is C19H17ClFNO3. The molecule has 130 valence electrons. The van der Waals surface area contributed by atoms with E-state index in [1.54, 1.807) is 0 Å². The third-order valence-corrected chi connectivity index (χ3v) is 4.52. The van der Waals surface area contributed by atoms with Crippen molar-refractivity contribution in [3.8, 4) is 0 Å². The molecule has 1 aliphatic carbocycles. The molecule has 25 heavy (non-hydrogen) atoms. The van der Waals surface area contributed by atoms with E-state index in [1.807, 2.05) is 24.3 Å². The molecule has 1 amide bonds. The zero-order valence-corrected chi connectivity index (χ0v) is 14.2. The van der Waals surface area contributed by atoms with Gasteiger partial charge in [-0.2, -0.15) is 0 Å². The van der Waals surface area contributed by atoms with E-state index >= 15 is 0 Å². The monoisotopic (exact) mass is 361 g/mol. The number of benzene rings is 2. The van der Waals surface area contributed by atoms with Gasteiger partial charge in [-0.25, -0.2) is 9.18 Å². The molecule has 0 heterocycles. The number of halogens is 2. The highest BCUT2D eigenvalue weighted by molar-refractivity contribution is 6.33. The highest BCUT2D eigenvalue weighted by Crippen LogP contribution is 2.29. The Hall–Kier alpha value is -2.40. The molecule has 2 aromatic carbocycles. The average molecular weight is 362 g/mol. The predicted octanol–water partition coefficient (Wildman–Crippen LogP) is 3.83. The lowest BCUT2D eigenvalue weighted by Crippen LogP contribution is -2.34. The maximum Gasteiger partial charge on any atom is 0.343 e. The lowest BCUT2D eigenvalue weighted by atomic mass is 9.88. The molecule has 0 aliphatic heterocycles. The molecule has 0 spiro atoms. The molecule has 0 bridgehead atoms. The van der Waals surface area contributed by atoms with Crippen molar-refractivity contribution in [3.63, 3.8) is 0 Å². The quantitative estimate of drug-likeness (QED) is 0.842. The van der Waals surface area contributed by atoms with Gasteiger partial charge in [-0.15, -0.1) is 0 Å². The van der Waals surface area contributed by atoms with Crippen LogP contribution in [0.5, 0.6) is 0 Å². The number of amides is 1. The minimum Gasteiger partial charge on any atom is -0.452 e. The molecule has 4 nitrogen and oxygen atoms in total. The van der Waals surface area contributed by atoms with Crippen LogP contribution >= 0.6 is 11.6 Å². The van der Waals surface area contributed by atoms with Crippen molar-refractivity contribution in [1.29, 1.82) is 0 Å². The number of ether oxygens (including phenoxy) is 1. The summed E-state index contributed by atoms with van der Waals surface area (Å²) in [6.45, 7) is -0.484. The van der Waals surface area contributed by atoms with Crippen LogP contribution in [0.25, 0.3) is 0 Å². The Balaban J connectivity index is 1.60. The Morgan fingerprint density at radius 1 is 1.20 bits per heavy atom. The van der Waals surface area contributed by atoms with Crippen molar-refractivity contribution < 1.29 is 18.7 Å². The third-order valence-electron chi connectivity index (χ3n) is 4.21. The molecule has 2 aromatic rings. The third kappa shape index (κ3) is 3.99. The summed E-state index contributed by atoms with van der Waals surface area (Å²) in [4.78, 5) is 24.1. The van der Waals surface area contributed by atoms with Gasteiger partial charge in [0.1, 0.15) is 11.4 Å². The fraction of sp³-hybridized carbons (Fsp3) is 0.263. The van der Waals surface area contributed by atoms with E-state index in [0.717, 1.165) is 30.9 Å². The Morgan fingerprint density at radius 2 is 2.00 bits per heavy atom. The molecule has 0 saturated heterocycles. The van der Waals surface area contributed by atoms with Crippen molar-refractivity contribution in [2.24, 2.45) is 0 Å². The van der Waals surface area contributed by atoms with Crippen LogP contribution in [0.2, 0.25) is 5.02 Å². The lowest BCUT2D eigenvalue weighted by Gasteiger charge is -2.26. The largest absolute Gasteiger partial charge is 0.452 e. The van der Waals surface area contributed by atoms with Crippen LogP contribution in [0.15, 0.2) is 42.5 Å². The second-order valence-corrected chi connectivity index (χ2v) is 6.29. The Labute approximate surface area is 149 Å². The number of nitrogens with one attached hydrogen (secondary N) is 1. The highest BCUT2D eigenvalue weighted by atomic mass is 35.5. The van der Waals surface area contributed by atoms with Gasteiger partial charge < -0.3 is 10.1 Å². The smallest absolute Gasteiger partial charge is 0.343 e. The molecule has 1 N–H and O–H groups in total. The van der Waals surface area contributed by atoms with Crippen LogP contribution in [0.3, 0.4) is 0 Å². The number of fused-ring (bicyclic) bond motifs is 1. The first kappa shape index (κ1) is 17.4. The summed E-state index contributed by atoms with van der Waals surface area (Å²) in [5.41, 5.74) is 1.94. The van der Waals surface area contributed by atoms with Crippen molar-refractivity contribution in [3.05, 3.63) is 70.0 Å². The van der Waals surface area contributed by atoms with E-state index in [1.165, 1.54) is 17.7 Å². The number of rotatable bonds is 4. The van der Waals surface area contributed by atoms with Crippen LogP contribution < -0.4 is 5.32 Å². The Morgan fingerprint density at radius 3 is 2.80 bits per heavy atom. The molecule has 0 saturated carbocycles. The number of hydrogen-bond donors (Lipinski definition) is 1. The average Bonchev–Trinajstić information content (AvgIpc) is 2.60. The van der Waals surface area contributed by atoms with Gasteiger partial charge in [-0.1, -0.05) is 41.9 Å². The second kappa shape index (κ2) is 7.66. The van der Waals surface area contributed by atoms with Gasteiger partial charge in [-0.3, -0.25) is 4.79 Å². The van der Waals surface area contributed by atoms with Crippen LogP contribution in [-0.2, 0) is 16.0 Å². The van der Waals surface area contributed by atoms with Crippen molar-refractivity contribution >= 4 is 23.5 Å². The SMILES string of the molecule is O=C(COC(=O)c1c(F)cccc1Cl)NC1CCCc2ccccc21. The fourth-order valence-corrected chi connectivity index (χ4v) is 3.28. The van der Waals surface area contributed by atoms with Gasteiger partial charge >= 0.3 is 5.97 Å². The normalized spacial score (nSPS) is 16.0. The van der Waals surface area contributed by atoms with E-state index in [-0.39, 0.29) is 16.6 Å². The summed E-state index contributed by atoms with van der Waals surface area (Å²) in [5, 5.41) is 2.82. The molecular weight excluding hydrogens is 345 g/mol. The zero-order valence-electron chi connectivity index (χ0n) is 13.4. The molecule has 0 fully saturated rings.